The number of benzene rings is 3. The van der Waals surface area contributed by atoms with Gasteiger partial charge in [0, 0.05) is 11.7 Å². The zero-order valence-electron chi connectivity index (χ0n) is 17.4. The van der Waals surface area contributed by atoms with E-state index in [1.54, 1.807) is 18.2 Å². The molecule has 0 unspecified atom stereocenters. The van der Waals surface area contributed by atoms with Gasteiger partial charge in [-0.3, -0.25) is 0 Å². The number of ether oxygens (including phenoxy) is 1. The van der Waals surface area contributed by atoms with Crippen LogP contribution >= 0.6 is 23.2 Å². The molecule has 0 aliphatic carbocycles. The molecule has 1 N–H and O–H groups in total. The first-order valence-electron chi connectivity index (χ1n) is 10.2. The molecule has 0 saturated carbocycles. The third-order valence-corrected chi connectivity index (χ3v) is 5.96. The number of H-pyrrole nitrogens is 1. The Labute approximate surface area is 202 Å². The number of para-hydroxylation sites is 1. The lowest BCUT2D eigenvalue weighted by molar-refractivity contribution is -0.141. The molecule has 5 rings (SSSR count). The molecule has 0 spiro atoms. The summed E-state index contributed by atoms with van der Waals surface area (Å²) in [4.78, 5) is 3.16. The molecule has 34 heavy (non-hydrogen) atoms. The Kier molecular flexibility index (Phi) is 5.75. The molecule has 172 valence electrons. The van der Waals surface area contributed by atoms with Crippen molar-refractivity contribution >= 4 is 34.1 Å². The smallest absolute Gasteiger partial charge is 0.435 e. The Bertz CT molecular complexity index is 1450. The molecule has 0 amide bonds. The second-order valence-corrected chi connectivity index (χ2v) is 8.41. The van der Waals surface area contributed by atoms with Crippen LogP contribution in [0.1, 0.15) is 11.4 Å². The van der Waals surface area contributed by atoms with Crippen LogP contribution in [0.2, 0.25) is 10.0 Å². The van der Waals surface area contributed by atoms with Crippen molar-refractivity contribution in [2.75, 3.05) is 0 Å². The van der Waals surface area contributed by atoms with E-state index in [-0.39, 0.29) is 28.0 Å². The normalized spacial score (nSPS) is 11.8. The third kappa shape index (κ3) is 4.36. The number of aromatic nitrogens is 3. The van der Waals surface area contributed by atoms with E-state index < -0.39 is 11.9 Å². The van der Waals surface area contributed by atoms with Crippen LogP contribution in [0.5, 0.6) is 5.75 Å². The van der Waals surface area contributed by atoms with Gasteiger partial charge in [0.05, 0.1) is 15.7 Å². The maximum atomic E-state index is 13.4. The first kappa shape index (κ1) is 22.4. The average Bonchev–Trinajstić information content (AvgIpc) is 3.44. The van der Waals surface area contributed by atoms with Gasteiger partial charge in [0.2, 0.25) is 0 Å². The highest BCUT2D eigenvalue weighted by molar-refractivity contribution is 6.37. The molecule has 3 aromatic carbocycles. The second kappa shape index (κ2) is 8.74. The maximum Gasteiger partial charge on any atom is 0.435 e. The number of hydrogen-bond acceptors (Lipinski definition) is 2. The van der Waals surface area contributed by atoms with Crippen LogP contribution in [0.3, 0.4) is 0 Å². The number of hydrogen-bond donors (Lipinski definition) is 1. The zero-order chi connectivity index (χ0) is 23.9. The summed E-state index contributed by atoms with van der Waals surface area (Å²) in [5.41, 5.74) is 2.34. The molecule has 0 fully saturated rings. The van der Waals surface area contributed by atoms with Crippen molar-refractivity contribution in [1.82, 2.24) is 14.8 Å². The van der Waals surface area contributed by atoms with Crippen LogP contribution in [0.15, 0.2) is 79.0 Å². The highest BCUT2D eigenvalue weighted by Gasteiger charge is 2.35. The van der Waals surface area contributed by atoms with Gasteiger partial charge in [-0.2, -0.15) is 18.3 Å². The molecule has 0 radical (unpaired) electrons. The van der Waals surface area contributed by atoms with Crippen LogP contribution in [-0.2, 0) is 12.8 Å². The van der Waals surface area contributed by atoms with Crippen LogP contribution in [0.25, 0.3) is 27.7 Å². The molecule has 0 aliphatic heterocycles. The molecular formula is C25H16Cl2F3N3O. The molecular weight excluding hydrogens is 486 g/mol. The summed E-state index contributed by atoms with van der Waals surface area (Å²) in [6, 6.07) is 21.0. The van der Waals surface area contributed by atoms with Gasteiger partial charge in [0.1, 0.15) is 18.0 Å². The van der Waals surface area contributed by atoms with Gasteiger partial charge in [-0.1, -0.05) is 47.5 Å². The number of rotatable bonds is 5. The minimum absolute atomic E-state index is 0.157. The SMILES string of the molecule is FC(F)(F)c1cc(COc2ccc(-c3ccc4[nH]ccc4c3)cc2)n(-c2c(Cl)cccc2Cl)n1. The number of halogens is 5. The molecule has 4 nitrogen and oxygen atoms in total. The standard InChI is InChI=1S/C25H16Cl2F3N3O/c26-20-2-1-3-21(27)24(20)33-18(13-23(32-33)25(28,29)30)14-34-19-7-4-15(5-8-19)16-6-9-22-17(12-16)10-11-31-22/h1-13,31H,14H2. The fourth-order valence-electron chi connectivity index (χ4n) is 3.68. The molecule has 9 heteroatoms. The highest BCUT2D eigenvalue weighted by Crippen LogP contribution is 2.34. The van der Waals surface area contributed by atoms with Crippen molar-refractivity contribution in [3.63, 3.8) is 0 Å². The van der Waals surface area contributed by atoms with E-state index in [9.17, 15) is 13.2 Å². The minimum Gasteiger partial charge on any atom is -0.487 e. The van der Waals surface area contributed by atoms with E-state index in [0.29, 0.717) is 5.75 Å². The summed E-state index contributed by atoms with van der Waals surface area (Å²) in [5, 5.41) is 5.15. The number of nitrogens with zero attached hydrogens (tertiary/aromatic N) is 2. The Hall–Kier alpha value is -3.42. The van der Waals surface area contributed by atoms with Gasteiger partial charge in [0.15, 0.2) is 5.69 Å². The van der Waals surface area contributed by atoms with Crippen LogP contribution in [-0.4, -0.2) is 14.8 Å². The lowest BCUT2D eigenvalue weighted by Crippen LogP contribution is -2.09. The molecule has 0 bridgehead atoms. The van der Waals surface area contributed by atoms with E-state index in [1.165, 1.54) is 12.1 Å². The maximum absolute atomic E-state index is 13.4. The van der Waals surface area contributed by atoms with E-state index in [1.807, 2.05) is 36.5 Å². The number of fused-ring (bicyclic) bond motifs is 1. The topological polar surface area (TPSA) is 42.8 Å². The summed E-state index contributed by atoms with van der Waals surface area (Å²) in [7, 11) is 0. The number of alkyl halides is 3. The Morgan fingerprint density at radius 3 is 2.29 bits per heavy atom. The first-order valence-corrected chi connectivity index (χ1v) is 11.0. The summed E-state index contributed by atoms with van der Waals surface area (Å²) in [6.07, 6.45) is -2.74. The van der Waals surface area contributed by atoms with E-state index in [4.69, 9.17) is 27.9 Å². The Balaban J connectivity index is 1.41. The molecule has 0 aliphatic rings. The van der Waals surface area contributed by atoms with Gasteiger partial charge in [0.25, 0.3) is 0 Å². The van der Waals surface area contributed by atoms with Crippen molar-refractivity contribution in [1.29, 1.82) is 0 Å². The third-order valence-electron chi connectivity index (χ3n) is 5.35. The summed E-state index contributed by atoms with van der Waals surface area (Å²) in [6.45, 7) is -0.167. The predicted octanol–water partition coefficient (Wildman–Crippen LogP) is 7.93. The Morgan fingerprint density at radius 1 is 0.882 bits per heavy atom. The number of aromatic amines is 1. The van der Waals surface area contributed by atoms with Gasteiger partial charge < -0.3 is 9.72 Å². The molecule has 5 aromatic rings. The zero-order valence-corrected chi connectivity index (χ0v) is 18.9. The monoisotopic (exact) mass is 501 g/mol. The average molecular weight is 502 g/mol. The second-order valence-electron chi connectivity index (χ2n) is 7.59. The molecule has 0 saturated heterocycles. The van der Waals surface area contributed by atoms with E-state index in [0.717, 1.165) is 32.8 Å². The van der Waals surface area contributed by atoms with Crippen LogP contribution in [0, 0.1) is 0 Å². The molecule has 0 atom stereocenters. The van der Waals surface area contributed by atoms with E-state index >= 15 is 0 Å². The molecule has 2 aromatic heterocycles. The summed E-state index contributed by atoms with van der Waals surface area (Å²) < 4.78 is 46.9. The van der Waals surface area contributed by atoms with Crippen molar-refractivity contribution < 1.29 is 17.9 Å². The van der Waals surface area contributed by atoms with E-state index in [2.05, 4.69) is 16.1 Å². The predicted molar refractivity (Wildman–Crippen MR) is 127 cm³/mol. The van der Waals surface area contributed by atoms with Gasteiger partial charge in [-0.05, 0) is 65.0 Å². The lowest BCUT2D eigenvalue weighted by Gasteiger charge is -2.12. The largest absolute Gasteiger partial charge is 0.487 e. The van der Waals surface area contributed by atoms with Gasteiger partial charge in [-0.15, -0.1) is 0 Å². The summed E-state index contributed by atoms with van der Waals surface area (Å²) in [5.74, 6) is 0.498. The summed E-state index contributed by atoms with van der Waals surface area (Å²) >= 11 is 12.4. The number of nitrogens with one attached hydrogen (secondary N) is 1. The van der Waals surface area contributed by atoms with Crippen molar-refractivity contribution in [3.05, 3.63) is 100 Å². The van der Waals surface area contributed by atoms with Gasteiger partial charge >= 0.3 is 6.18 Å². The van der Waals surface area contributed by atoms with Crippen molar-refractivity contribution in [2.45, 2.75) is 12.8 Å². The fourth-order valence-corrected chi connectivity index (χ4v) is 4.24. The van der Waals surface area contributed by atoms with Crippen LogP contribution < -0.4 is 4.74 Å². The Morgan fingerprint density at radius 2 is 1.59 bits per heavy atom. The van der Waals surface area contributed by atoms with Crippen LogP contribution in [0.4, 0.5) is 13.2 Å². The minimum atomic E-state index is -4.63. The molecule has 2 heterocycles. The first-order chi connectivity index (χ1) is 16.3. The van der Waals surface area contributed by atoms with Crippen molar-refractivity contribution in [3.8, 4) is 22.6 Å². The van der Waals surface area contributed by atoms with Gasteiger partial charge in [-0.25, -0.2) is 4.68 Å². The lowest BCUT2D eigenvalue weighted by atomic mass is 10.0. The highest BCUT2D eigenvalue weighted by atomic mass is 35.5. The fraction of sp³-hybridized carbons (Fsp3) is 0.0800. The van der Waals surface area contributed by atoms with Crippen molar-refractivity contribution in [2.24, 2.45) is 0 Å². The quantitative estimate of drug-likeness (QED) is 0.265.